The van der Waals surface area contributed by atoms with Crippen molar-refractivity contribution in [3.05, 3.63) is 42.6 Å². The number of imidazole rings is 1. The number of aromatic amines is 1. The molecule has 23 heavy (non-hydrogen) atoms. The van der Waals surface area contributed by atoms with Crippen molar-refractivity contribution in [2.75, 3.05) is 5.73 Å². The number of hydrogen-bond acceptors (Lipinski definition) is 4. The van der Waals surface area contributed by atoms with E-state index in [9.17, 15) is 0 Å². The Morgan fingerprint density at radius 2 is 2.13 bits per heavy atom. The van der Waals surface area contributed by atoms with E-state index in [2.05, 4.69) is 39.3 Å². The molecule has 6 nitrogen and oxygen atoms in total. The zero-order valence-corrected chi connectivity index (χ0v) is 12.5. The molecule has 0 radical (unpaired) electrons. The number of rotatable bonds is 2. The van der Waals surface area contributed by atoms with Crippen LogP contribution in [0.4, 0.5) is 5.82 Å². The number of anilines is 1. The van der Waals surface area contributed by atoms with Gasteiger partial charge in [-0.15, -0.1) is 0 Å². The maximum absolute atomic E-state index is 6.14. The van der Waals surface area contributed by atoms with E-state index in [4.69, 9.17) is 10.7 Å². The molecule has 5 rings (SSSR count). The number of nitrogens with two attached hydrogens (primary N) is 1. The van der Waals surface area contributed by atoms with Crippen LogP contribution in [0, 0.1) is 0 Å². The van der Waals surface area contributed by atoms with Gasteiger partial charge in [0.1, 0.15) is 23.4 Å². The molecule has 0 spiro atoms. The summed E-state index contributed by atoms with van der Waals surface area (Å²) < 4.78 is 1.88. The SMILES string of the molecule is Nc1ncnn2c(C3CCC3)nc(-c3ccc4[nH]ccc4c3)c12. The molecule has 0 amide bonds. The minimum Gasteiger partial charge on any atom is -0.382 e. The van der Waals surface area contributed by atoms with Crippen LogP contribution in [0.15, 0.2) is 36.8 Å². The second-order valence-electron chi connectivity index (χ2n) is 6.13. The molecule has 1 aliphatic rings. The Morgan fingerprint density at radius 3 is 2.96 bits per heavy atom. The van der Waals surface area contributed by atoms with Crippen LogP contribution in [0.2, 0.25) is 0 Å². The van der Waals surface area contributed by atoms with Crippen molar-refractivity contribution in [1.82, 2.24) is 24.6 Å². The Labute approximate surface area is 132 Å². The number of nitrogens with one attached hydrogen (secondary N) is 1. The topological polar surface area (TPSA) is 84.9 Å². The van der Waals surface area contributed by atoms with Gasteiger partial charge in [0.2, 0.25) is 0 Å². The lowest BCUT2D eigenvalue weighted by Gasteiger charge is -2.23. The van der Waals surface area contributed by atoms with Crippen molar-refractivity contribution in [1.29, 1.82) is 0 Å². The van der Waals surface area contributed by atoms with Crippen LogP contribution in [-0.4, -0.2) is 24.6 Å². The summed E-state index contributed by atoms with van der Waals surface area (Å²) in [7, 11) is 0. The summed E-state index contributed by atoms with van der Waals surface area (Å²) in [5, 5.41) is 5.56. The van der Waals surface area contributed by atoms with Gasteiger partial charge in [-0.1, -0.05) is 12.5 Å². The highest BCUT2D eigenvalue weighted by atomic mass is 15.3. The zero-order valence-electron chi connectivity index (χ0n) is 12.5. The van der Waals surface area contributed by atoms with E-state index in [1.807, 2.05) is 10.7 Å². The Balaban J connectivity index is 1.79. The van der Waals surface area contributed by atoms with Gasteiger partial charge in [-0.2, -0.15) is 5.10 Å². The molecule has 0 aliphatic heterocycles. The minimum atomic E-state index is 0.474. The molecule has 0 saturated heterocycles. The van der Waals surface area contributed by atoms with Crippen LogP contribution < -0.4 is 5.73 Å². The summed E-state index contributed by atoms with van der Waals surface area (Å²) in [5.41, 5.74) is 9.97. The zero-order chi connectivity index (χ0) is 15.4. The standard InChI is InChI=1S/C17H16N6/c18-16-15-14(12-4-5-13-11(8-12)6-7-19-13)22-17(10-2-1-3-10)23(15)21-9-20-16/h4-10,19H,1-3H2,(H2,18,20,21). The molecule has 0 unspecified atom stereocenters. The van der Waals surface area contributed by atoms with E-state index in [0.717, 1.165) is 33.5 Å². The average Bonchev–Trinajstić information content (AvgIpc) is 3.10. The Bertz CT molecular complexity index is 1020. The average molecular weight is 304 g/mol. The molecule has 114 valence electrons. The van der Waals surface area contributed by atoms with E-state index in [-0.39, 0.29) is 0 Å². The maximum Gasteiger partial charge on any atom is 0.153 e. The van der Waals surface area contributed by atoms with Gasteiger partial charge in [0, 0.05) is 28.6 Å². The second-order valence-corrected chi connectivity index (χ2v) is 6.13. The number of hydrogen-bond donors (Lipinski definition) is 2. The Hall–Kier alpha value is -2.89. The smallest absolute Gasteiger partial charge is 0.153 e. The van der Waals surface area contributed by atoms with Gasteiger partial charge < -0.3 is 10.7 Å². The molecule has 0 bridgehead atoms. The molecule has 4 aromatic rings. The van der Waals surface area contributed by atoms with Gasteiger partial charge in [0.25, 0.3) is 0 Å². The van der Waals surface area contributed by atoms with Gasteiger partial charge in [-0.3, -0.25) is 0 Å². The Kier molecular flexibility index (Phi) is 2.50. The van der Waals surface area contributed by atoms with Crippen molar-refractivity contribution in [2.24, 2.45) is 0 Å². The van der Waals surface area contributed by atoms with Gasteiger partial charge in [0.15, 0.2) is 5.82 Å². The largest absolute Gasteiger partial charge is 0.382 e. The monoisotopic (exact) mass is 304 g/mol. The molecule has 0 atom stereocenters. The van der Waals surface area contributed by atoms with E-state index in [1.54, 1.807) is 0 Å². The number of fused-ring (bicyclic) bond motifs is 2. The molecule has 3 heterocycles. The van der Waals surface area contributed by atoms with Crippen molar-refractivity contribution in [3.63, 3.8) is 0 Å². The van der Waals surface area contributed by atoms with Crippen molar-refractivity contribution in [2.45, 2.75) is 25.2 Å². The molecule has 1 aromatic carbocycles. The first-order chi connectivity index (χ1) is 11.3. The van der Waals surface area contributed by atoms with Gasteiger partial charge in [-0.25, -0.2) is 14.5 Å². The molecular formula is C17H16N6. The summed E-state index contributed by atoms with van der Waals surface area (Å²) in [6.45, 7) is 0. The lowest BCUT2D eigenvalue weighted by molar-refractivity contribution is 0.396. The number of H-pyrrole nitrogens is 1. The first-order valence-electron chi connectivity index (χ1n) is 7.88. The molecule has 1 fully saturated rings. The highest BCUT2D eigenvalue weighted by Crippen LogP contribution is 2.39. The third-order valence-electron chi connectivity index (χ3n) is 4.78. The normalized spacial score (nSPS) is 15.3. The third-order valence-corrected chi connectivity index (χ3v) is 4.78. The van der Waals surface area contributed by atoms with Gasteiger partial charge in [0.05, 0.1) is 0 Å². The van der Waals surface area contributed by atoms with E-state index >= 15 is 0 Å². The third kappa shape index (κ3) is 1.78. The first kappa shape index (κ1) is 12.6. The quantitative estimate of drug-likeness (QED) is 0.596. The predicted molar refractivity (Wildman–Crippen MR) is 89.1 cm³/mol. The maximum atomic E-state index is 6.14. The van der Waals surface area contributed by atoms with Crippen LogP contribution in [0.5, 0.6) is 0 Å². The first-order valence-corrected chi connectivity index (χ1v) is 7.88. The van der Waals surface area contributed by atoms with E-state index in [1.165, 1.54) is 25.6 Å². The summed E-state index contributed by atoms with van der Waals surface area (Å²) in [6.07, 6.45) is 7.03. The number of nitrogen functional groups attached to an aromatic ring is 1. The van der Waals surface area contributed by atoms with Crippen LogP contribution in [-0.2, 0) is 0 Å². The highest BCUT2D eigenvalue weighted by molar-refractivity contribution is 5.90. The van der Waals surface area contributed by atoms with E-state index in [0.29, 0.717) is 11.7 Å². The highest BCUT2D eigenvalue weighted by Gasteiger charge is 2.27. The summed E-state index contributed by atoms with van der Waals surface area (Å²) >= 11 is 0. The fourth-order valence-electron chi connectivity index (χ4n) is 3.31. The van der Waals surface area contributed by atoms with Crippen LogP contribution in [0.25, 0.3) is 27.7 Å². The molecule has 1 saturated carbocycles. The van der Waals surface area contributed by atoms with Crippen LogP contribution in [0.3, 0.4) is 0 Å². The lowest BCUT2D eigenvalue weighted by Crippen LogP contribution is -2.14. The van der Waals surface area contributed by atoms with Crippen molar-refractivity contribution >= 4 is 22.2 Å². The Morgan fingerprint density at radius 1 is 1.22 bits per heavy atom. The molecular weight excluding hydrogens is 288 g/mol. The molecule has 6 heteroatoms. The van der Waals surface area contributed by atoms with Crippen LogP contribution >= 0.6 is 0 Å². The second kappa shape index (κ2) is 4.55. The van der Waals surface area contributed by atoms with Gasteiger partial charge >= 0.3 is 0 Å². The lowest BCUT2D eigenvalue weighted by atomic mass is 9.85. The van der Waals surface area contributed by atoms with Crippen molar-refractivity contribution < 1.29 is 0 Å². The van der Waals surface area contributed by atoms with Crippen molar-refractivity contribution in [3.8, 4) is 11.3 Å². The molecule has 1 aliphatic carbocycles. The predicted octanol–water partition coefficient (Wildman–Crippen LogP) is 3.12. The number of benzene rings is 1. The number of nitrogens with zero attached hydrogens (tertiary/aromatic N) is 4. The van der Waals surface area contributed by atoms with Crippen LogP contribution in [0.1, 0.15) is 31.0 Å². The van der Waals surface area contributed by atoms with E-state index < -0.39 is 0 Å². The van der Waals surface area contributed by atoms with Gasteiger partial charge in [-0.05, 0) is 31.0 Å². The molecule has 3 N–H and O–H groups in total. The fourth-order valence-corrected chi connectivity index (χ4v) is 3.31. The summed E-state index contributed by atoms with van der Waals surface area (Å²) in [4.78, 5) is 12.3. The summed E-state index contributed by atoms with van der Waals surface area (Å²) in [6, 6.07) is 8.33. The fraction of sp³-hybridized carbons (Fsp3) is 0.235. The minimum absolute atomic E-state index is 0.474. The number of aromatic nitrogens is 5. The molecule has 3 aromatic heterocycles. The summed E-state index contributed by atoms with van der Waals surface area (Å²) in [5.74, 6) is 1.95.